The molecule has 0 radical (unpaired) electrons. The molecule has 0 saturated heterocycles. The Balaban J connectivity index is 3.06. The van der Waals surface area contributed by atoms with Gasteiger partial charge < -0.3 is 15.8 Å². The summed E-state index contributed by atoms with van der Waals surface area (Å²) in [6, 6.07) is 3.00. The minimum Gasteiger partial charge on any atom is -0.496 e. The Morgan fingerprint density at radius 1 is 1.56 bits per heavy atom. The van der Waals surface area contributed by atoms with E-state index < -0.39 is 4.92 Å². The number of hydrogen-bond acceptors (Lipinski definition) is 5. The molecule has 6 nitrogen and oxygen atoms in total. The largest absolute Gasteiger partial charge is 0.496 e. The van der Waals surface area contributed by atoms with Gasteiger partial charge in [-0.15, -0.1) is 0 Å². The molecule has 98 valence electrons. The number of anilines is 1. The quantitative estimate of drug-likeness (QED) is 0.348. The minimum atomic E-state index is -0.511. The van der Waals surface area contributed by atoms with Crippen LogP contribution in [-0.2, 0) is 0 Å². The van der Waals surface area contributed by atoms with Crippen molar-refractivity contribution in [2.75, 3.05) is 26.4 Å². The van der Waals surface area contributed by atoms with Crippen LogP contribution in [0.2, 0.25) is 0 Å². The Morgan fingerprint density at radius 3 is 2.83 bits per heavy atom. The second-order valence-electron chi connectivity index (χ2n) is 3.70. The van der Waals surface area contributed by atoms with Crippen LogP contribution in [0.25, 0.3) is 6.08 Å². The fourth-order valence-corrected chi connectivity index (χ4v) is 1.48. The fourth-order valence-electron chi connectivity index (χ4n) is 1.48. The molecule has 18 heavy (non-hydrogen) atoms. The van der Waals surface area contributed by atoms with Gasteiger partial charge in [-0.3, -0.25) is 10.1 Å². The number of methoxy groups -OCH3 is 1. The predicted molar refractivity (Wildman–Crippen MR) is 71.6 cm³/mol. The maximum atomic E-state index is 10.9. The first kappa shape index (κ1) is 14.0. The molecule has 1 aromatic carbocycles. The van der Waals surface area contributed by atoms with Crippen molar-refractivity contribution < 1.29 is 9.66 Å². The summed E-state index contributed by atoms with van der Waals surface area (Å²) in [7, 11) is 3.32. The third kappa shape index (κ3) is 3.46. The first-order valence-electron chi connectivity index (χ1n) is 5.53. The lowest BCUT2D eigenvalue weighted by molar-refractivity contribution is -0.384. The summed E-state index contributed by atoms with van der Waals surface area (Å²) in [5, 5.41) is 13.9. The van der Waals surface area contributed by atoms with Gasteiger partial charge in [0, 0.05) is 5.56 Å². The van der Waals surface area contributed by atoms with E-state index in [-0.39, 0.29) is 11.4 Å². The highest BCUT2D eigenvalue weighted by Crippen LogP contribution is 2.31. The van der Waals surface area contributed by atoms with Crippen molar-refractivity contribution in [2.45, 2.75) is 6.42 Å². The summed E-state index contributed by atoms with van der Waals surface area (Å²) in [5.41, 5.74) is 6.37. The molecule has 0 aliphatic rings. The standard InChI is InChI=1S/C12H17N3O3/c1-14-6-4-3-5-9-7-10(18-2)8-11(12(9)13)15(16)17/h3,5,7-8,14H,4,6,13H2,1-2H3. The van der Waals surface area contributed by atoms with Gasteiger partial charge in [-0.05, 0) is 26.1 Å². The number of nitrogens with two attached hydrogens (primary N) is 1. The molecule has 1 aromatic rings. The highest BCUT2D eigenvalue weighted by atomic mass is 16.6. The van der Waals surface area contributed by atoms with E-state index in [0.29, 0.717) is 11.3 Å². The first-order valence-corrected chi connectivity index (χ1v) is 5.53. The van der Waals surface area contributed by atoms with E-state index in [2.05, 4.69) is 5.32 Å². The van der Waals surface area contributed by atoms with E-state index >= 15 is 0 Å². The van der Waals surface area contributed by atoms with Crippen molar-refractivity contribution in [3.05, 3.63) is 33.9 Å². The van der Waals surface area contributed by atoms with Gasteiger partial charge >= 0.3 is 0 Å². The lowest BCUT2D eigenvalue weighted by atomic mass is 10.1. The zero-order valence-electron chi connectivity index (χ0n) is 10.5. The highest BCUT2D eigenvalue weighted by Gasteiger charge is 2.16. The summed E-state index contributed by atoms with van der Waals surface area (Å²) in [5.74, 6) is 0.421. The van der Waals surface area contributed by atoms with Gasteiger partial charge in [-0.1, -0.05) is 12.2 Å². The van der Waals surface area contributed by atoms with Crippen molar-refractivity contribution in [2.24, 2.45) is 0 Å². The van der Waals surface area contributed by atoms with Crippen molar-refractivity contribution in [3.63, 3.8) is 0 Å². The average molecular weight is 251 g/mol. The zero-order chi connectivity index (χ0) is 13.5. The number of nitrogens with one attached hydrogen (secondary N) is 1. The van der Waals surface area contributed by atoms with Gasteiger partial charge in [-0.25, -0.2) is 0 Å². The van der Waals surface area contributed by atoms with Crippen molar-refractivity contribution >= 4 is 17.5 Å². The van der Waals surface area contributed by atoms with Crippen LogP contribution in [0, 0.1) is 10.1 Å². The zero-order valence-corrected chi connectivity index (χ0v) is 10.5. The third-order valence-electron chi connectivity index (χ3n) is 2.45. The normalized spacial score (nSPS) is 10.8. The molecular weight excluding hydrogens is 234 g/mol. The molecular formula is C12H17N3O3. The van der Waals surface area contributed by atoms with Crippen LogP contribution in [0.5, 0.6) is 5.75 Å². The van der Waals surface area contributed by atoms with Crippen LogP contribution < -0.4 is 15.8 Å². The van der Waals surface area contributed by atoms with Gasteiger partial charge in [0.2, 0.25) is 0 Å². The van der Waals surface area contributed by atoms with E-state index in [0.717, 1.165) is 13.0 Å². The Bertz CT molecular complexity index is 458. The number of nitro benzene ring substituents is 1. The van der Waals surface area contributed by atoms with Crippen LogP contribution >= 0.6 is 0 Å². The number of rotatable bonds is 6. The van der Waals surface area contributed by atoms with Crippen molar-refractivity contribution in [1.82, 2.24) is 5.32 Å². The maximum Gasteiger partial charge on any atom is 0.296 e. The topological polar surface area (TPSA) is 90.4 Å². The molecule has 0 aliphatic heterocycles. The number of benzene rings is 1. The van der Waals surface area contributed by atoms with Gasteiger partial charge in [0.15, 0.2) is 0 Å². The highest BCUT2D eigenvalue weighted by molar-refractivity contribution is 5.75. The first-order chi connectivity index (χ1) is 8.60. The Labute approximate surface area is 106 Å². The summed E-state index contributed by atoms with van der Waals surface area (Å²) < 4.78 is 5.02. The number of ether oxygens (including phenoxy) is 1. The number of nitro groups is 1. The summed E-state index contributed by atoms with van der Waals surface area (Å²) in [6.07, 6.45) is 4.49. The molecule has 1 rings (SSSR count). The summed E-state index contributed by atoms with van der Waals surface area (Å²) in [4.78, 5) is 10.3. The number of nitrogens with zero attached hydrogens (tertiary/aromatic N) is 1. The van der Waals surface area contributed by atoms with Crippen molar-refractivity contribution in [1.29, 1.82) is 0 Å². The second-order valence-corrected chi connectivity index (χ2v) is 3.70. The molecule has 3 N–H and O–H groups in total. The van der Waals surface area contributed by atoms with E-state index in [1.807, 2.05) is 13.1 Å². The maximum absolute atomic E-state index is 10.9. The van der Waals surface area contributed by atoms with Gasteiger partial charge in [-0.2, -0.15) is 0 Å². The summed E-state index contributed by atoms with van der Waals surface area (Å²) >= 11 is 0. The molecule has 0 unspecified atom stereocenters. The third-order valence-corrected chi connectivity index (χ3v) is 2.45. The monoisotopic (exact) mass is 251 g/mol. The average Bonchev–Trinajstić information content (AvgIpc) is 2.36. The molecule has 0 saturated carbocycles. The lowest BCUT2D eigenvalue weighted by Crippen LogP contribution is -2.05. The second kappa shape index (κ2) is 6.61. The molecule has 0 aliphatic carbocycles. The number of hydrogen-bond donors (Lipinski definition) is 2. The van der Waals surface area contributed by atoms with Crippen LogP contribution in [0.1, 0.15) is 12.0 Å². The molecule has 6 heteroatoms. The van der Waals surface area contributed by atoms with Crippen LogP contribution in [0.15, 0.2) is 18.2 Å². The molecule has 0 amide bonds. The molecule has 0 aromatic heterocycles. The smallest absolute Gasteiger partial charge is 0.296 e. The predicted octanol–water partition coefficient (Wildman–Crippen LogP) is 1.81. The molecule has 0 fully saturated rings. The van der Waals surface area contributed by atoms with Gasteiger partial charge in [0.25, 0.3) is 5.69 Å². The SMILES string of the molecule is CNCCC=Cc1cc(OC)cc([N+](=O)[O-])c1N. The lowest BCUT2D eigenvalue weighted by Gasteiger charge is -2.06. The summed E-state index contributed by atoms with van der Waals surface area (Å²) in [6.45, 7) is 0.836. The Kier molecular flexibility index (Phi) is 5.13. The van der Waals surface area contributed by atoms with Crippen LogP contribution in [-0.4, -0.2) is 25.6 Å². The Morgan fingerprint density at radius 2 is 2.28 bits per heavy atom. The van der Waals surface area contributed by atoms with E-state index in [1.165, 1.54) is 13.2 Å². The van der Waals surface area contributed by atoms with Crippen LogP contribution in [0.4, 0.5) is 11.4 Å². The number of nitrogen functional groups attached to an aromatic ring is 1. The van der Waals surface area contributed by atoms with Gasteiger partial charge in [0.1, 0.15) is 11.4 Å². The molecule has 0 spiro atoms. The molecule has 0 bridgehead atoms. The van der Waals surface area contributed by atoms with Crippen LogP contribution in [0.3, 0.4) is 0 Å². The van der Waals surface area contributed by atoms with Crippen molar-refractivity contribution in [3.8, 4) is 5.75 Å². The van der Waals surface area contributed by atoms with E-state index in [1.54, 1.807) is 12.1 Å². The van der Waals surface area contributed by atoms with E-state index in [9.17, 15) is 10.1 Å². The molecule has 0 atom stereocenters. The van der Waals surface area contributed by atoms with Gasteiger partial charge in [0.05, 0.1) is 18.1 Å². The minimum absolute atomic E-state index is 0.136. The fraction of sp³-hybridized carbons (Fsp3) is 0.333. The van der Waals surface area contributed by atoms with E-state index in [4.69, 9.17) is 10.5 Å². The Hall–Kier alpha value is -2.08. The molecule has 0 heterocycles.